The maximum Gasteiger partial charge on any atom is 0.253 e. The fraction of sp³-hybridized carbons (Fsp3) is 0.471. The average molecular weight is 352 g/mol. The van der Waals surface area contributed by atoms with Crippen molar-refractivity contribution in [2.24, 2.45) is 5.92 Å². The first-order valence-electron chi connectivity index (χ1n) is 8.05. The Labute approximate surface area is 146 Å². The van der Waals surface area contributed by atoms with Crippen LogP contribution in [0.2, 0.25) is 5.02 Å². The van der Waals surface area contributed by atoms with Gasteiger partial charge in [0.25, 0.3) is 5.91 Å². The summed E-state index contributed by atoms with van der Waals surface area (Å²) in [6.07, 6.45) is 2.02. The SMILES string of the molecule is CC(C)C(=O)Nc1ccc(C(=O)NCC(=O)N2CCCC2)c(Cl)c1. The number of anilines is 1. The largest absolute Gasteiger partial charge is 0.343 e. The van der Waals surface area contributed by atoms with Crippen LogP contribution < -0.4 is 10.6 Å². The Balaban J connectivity index is 1.94. The molecule has 1 aromatic rings. The maximum atomic E-state index is 12.2. The van der Waals surface area contributed by atoms with Gasteiger partial charge in [-0.1, -0.05) is 25.4 Å². The lowest BCUT2D eigenvalue weighted by Gasteiger charge is -2.15. The van der Waals surface area contributed by atoms with Crippen LogP contribution in [0.4, 0.5) is 5.69 Å². The Kier molecular flexibility index (Phi) is 6.20. The first-order chi connectivity index (χ1) is 11.4. The predicted molar refractivity (Wildman–Crippen MR) is 93.1 cm³/mol. The number of carbonyl (C=O) groups excluding carboxylic acids is 3. The van der Waals surface area contributed by atoms with Crippen molar-refractivity contribution < 1.29 is 14.4 Å². The fourth-order valence-corrected chi connectivity index (χ4v) is 2.66. The monoisotopic (exact) mass is 351 g/mol. The average Bonchev–Trinajstić information content (AvgIpc) is 3.06. The summed E-state index contributed by atoms with van der Waals surface area (Å²) >= 11 is 6.12. The van der Waals surface area contributed by atoms with E-state index in [1.165, 1.54) is 12.1 Å². The highest BCUT2D eigenvalue weighted by Gasteiger charge is 2.19. The van der Waals surface area contributed by atoms with Crippen LogP contribution in [0.1, 0.15) is 37.0 Å². The van der Waals surface area contributed by atoms with E-state index in [9.17, 15) is 14.4 Å². The topological polar surface area (TPSA) is 78.5 Å². The smallest absolute Gasteiger partial charge is 0.253 e. The molecule has 130 valence electrons. The number of hydrogen-bond donors (Lipinski definition) is 2. The van der Waals surface area contributed by atoms with Crippen molar-refractivity contribution in [2.75, 3.05) is 25.0 Å². The van der Waals surface area contributed by atoms with Crippen LogP contribution in [0, 0.1) is 5.92 Å². The van der Waals surface area contributed by atoms with Gasteiger partial charge in [0.05, 0.1) is 17.1 Å². The van der Waals surface area contributed by atoms with Gasteiger partial charge in [-0.3, -0.25) is 14.4 Å². The molecule has 0 bridgehead atoms. The van der Waals surface area contributed by atoms with Crippen LogP contribution in [-0.4, -0.2) is 42.3 Å². The lowest BCUT2D eigenvalue weighted by atomic mass is 10.1. The number of likely N-dealkylation sites (tertiary alicyclic amines) is 1. The van der Waals surface area contributed by atoms with Crippen LogP contribution in [-0.2, 0) is 9.59 Å². The van der Waals surface area contributed by atoms with Gasteiger partial charge in [-0.05, 0) is 31.0 Å². The van der Waals surface area contributed by atoms with E-state index in [1.54, 1.807) is 24.8 Å². The molecule has 0 aliphatic carbocycles. The first-order valence-corrected chi connectivity index (χ1v) is 8.42. The van der Waals surface area contributed by atoms with Gasteiger partial charge in [0.2, 0.25) is 11.8 Å². The standard InChI is InChI=1S/C17H22ClN3O3/c1-11(2)16(23)20-12-5-6-13(14(18)9-12)17(24)19-10-15(22)21-7-3-4-8-21/h5-6,9,11H,3-4,7-8,10H2,1-2H3,(H,19,24)(H,20,23). The Morgan fingerprint density at radius 3 is 2.46 bits per heavy atom. The van der Waals surface area contributed by atoms with E-state index in [0.29, 0.717) is 5.69 Å². The van der Waals surface area contributed by atoms with Crippen molar-refractivity contribution in [3.05, 3.63) is 28.8 Å². The molecule has 0 aromatic heterocycles. The summed E-state index contributed by atoms with van der Waals surface area (Å²) in [6, 6.07) is 4.68. The highest BCUT2D eigenvalue weighted by atomic mass is 35.5. The van der Waals surface area contributed by atoms with Crippen molar-refractivity contribution in [1.82, 2.24) is 10.2 Å². The highest BCUT2D eigenvalue weighted by Crippen LogP contribution is 2.21. The fourth-order valence-electron chi connectivity index (χ4n) is 2.39. The summed E-state index contributed by atoms with van der Waals surface area (Å²) in [7, 11) is 0. The van der Waals surface area contributed by atoms with Crippen LogP contribution in [0.25, 0.3) is 0 Å². The minimum atomic E-state index is -0.408. The quantitative estimate of drug-likeness (QED) is 0.854. The third-order valence-electron chi connectivity index (χ3n) is 3.86. The summed E-state index contributed by atoms with van der Waals surface area (Å²) in [5, 5.41) is 5.54. The van der Waals surface area contributed by atoms with Crippen molar-refractivity contribution in [3.63, 3.8) is 0 Å². The maximum absolute atomic E-state index is 12.2. The summed E-state index contributed by atoms with van der Waals surface area (Å²) in [5.74, 6) is -0.769. The summed E-state index contributed by atoms with van der Waals surface area (Å²) in [6.45, 7) is 5.03. The molecule has 1 fully saturated rings. The van der Waals surface area contributed by atoms with E-state index in [-0.39, 0.29) is 34.9 Å². The Morgan fingerprint density at radius 1 is 1.21 bits per heavy atom. The van der Waals surface area contributed by atoms with Crippen LogP contribution in [0.3, 0.4) is 0 Å². The van der Waals surface area contributed by atoms with Crippen molar-refractivity contribution in [3.8, 4) is 0 Å². The first kappa shape index (κ1) is 18.3. The van der Waals surface area contributed by atoms with E-state index >= 15 is 0 Å². The number of nitrogens with one attached hydrogen (secondary N) is 2. The summed E-state index contributed by atoms with van der Waals surface area (Å²) in [5.41, 5.74) is 0.803. The molecule has 1 heterocycles. The summed E-state index contributed by atoms with van der Waals surface area (Å²) < 4.78 is 0. The van der Waals surface area contributed by atoms with Gasteiger partial charge in [0.1, 0.15) is 0 Å². The second-order valence-corrected chi connectivity index (χ2v) is 6.52. The van der Waals surface area contributed by atoms with Gasteiger partial charge in [-0.2, -0.15) is 0 Å². The molecule has 0 radical (unpaired) electrons. The molecular formula is C17H22ClN3O3. The second-order valence-electron chi connectivity index (χ2n) is 6.11. The molecule has 2 N–H and O–H groups in total. The molecule has 7 heteroatoms. The van der Waals surface area contributed by atoms with E-state index < -0.39 is 5.91 Å². The Morgan fingerprint density at radius 2 is 1.88 bits per heavy atom. The zero-order chi connectivity index (χ0) is 17.7. The van der Waals surface area contributed by atoms with Gasteiger partial charge in [0.15, 0.2) is 0 Å². The molecule has 0 saturated carbocycles. The lowest BCUT2D eigenvalue weighted by Crippen LogP contribution is -2.38. The Hall–Kier alpha value is -2.08. The molecule has 0 unspecified atom stereocenters. The van der Waals surface area contributed by atoms with Gasteiger partial charge in [-0.15, -0.1) is 0 Å². The van der Waals surface area contributed by atoms with E-state index in [1.807, 2.05) is 0 Å². The van der Waals surface area contributed by atoms with Crippen molar-refractivity contribution in [1.29, 1.82) is 0 Å². The molecule has 1 aliphatic rings. The molecule has 0 atom stereocenters. The minimum Gasteiger partial charge on any atom is -0.343 e. The second kappa shape index (κ2) is 8.15. The molecule has 1 aliphatic heterocycles. The third-order valence-corrected chi connectivity index (χ3v) is 4.18. The van der Waals surface area contributed by atoms with Crippen molar-refractivity contribution >= 4 is 35.0 Å². The number of carbonyl (C=O) groups is 3. The van der Waals surface area contributed by atoms with Gasteiger partial charge in [0, 0.05) is 24.7 Å². The van der Waals surface area contributed by atoms with Crippen molar-refractivity contribution in [2.45, 2.75) is 26.7 Å². The number of rotatable bonds is 5. The Bertz CT molecular complexity index is 640. The number of benzene rings is 1. The number of hydrogen-bond acceptors (Lipinski definition) is 3. The number of nitrogens with zero attached hydrogens (tertiary/aromatic N) is 1. The zero-order valence-corrected chi connectivity index (χ0v) is 14.7. The normalized spacial score (nSPS) is 13.9. The summed E-state index contributed by atoms with van der Waals surface area (Å²) in [4.78, 5) is 37.5. The molecule has 1 saturated heterocycles. The van der Waals surface area contributed by atoms with Crippen LogP contribution >= 0.6 is 11.6 Å². The molecular weight excluding hydrogens is 330 g/mol. The predicted octanol–water partition coefficient (Wildman–Crippen LogP) is 2.29. The highest BCUT2D eigenvalue weighted by molar-refractivity contribution is 6.34. The van der Waals surface area contributed by atoms with E-state index in [2.05, 4.69) is 10.6 Å². The lowest BCUT2D eigenvalue weighted by molar-refractivity contribution is -0.129. The molecule has 6 nitrogen and oxygen atoms in total. The van der Waals surface area contributed by atoms with Gasteiger partial charge < -0.3 is 15.5 Å². The van der Waals surface area contributed by atoms with Crippen LogP contribution in [0.5, 0.6) is 0 Å². The number of amides is 3. The number of halogens is 1. The van der Waals surface area contributed by atoms with Gasteiger partial charge >= 0.3 is 0 Å². The minimum absolute atomic E-state index is 0.0407. The zero-order valence-electron chi connectivity index (χ0n) is 13.9. The molecule has 1 aromatic carbocycles. The molecule has 2 rings (SSSR count). The third kappa shape index (κ3) is 4.71. The molecule has 0 spiro atoms. The van der Waals surface area contributed by atoms with Gasteiger partial charge in [-0.25, -0.2) is 0 Å². The van der Waals surface area contributed by atoms with E-state index in [0.717, 1.165) is 25.9 Å². The molecule has 24 heavy (non-hydrogen) atoms. The van der Waals surface area contributed by atoms with E-state index in [4.69, 9.17) is 11.6 Å². The van der Waals surface area contributed by atoms with Crippen LogP contribution in [0.15, 0.2) is 18.2 Å². The molecule has 3 amide bonds.